The molecule has 1 N–H and O–H groups in total. The monoisotopic (exact) mass is 490 g/mol. The fraction of sp³-hybridized carbons (Fsp3) is 0.136. The van der Waals surface area contributed by atoms with Gasteiger partial charge in [0.25, 0.3) is 5.91 Å². The van der Waals surface area contributed by atoms with Crippen LogP contribution in [0.4, 0.5) is 5.82 Å². The zero-order valence-electron chi connectivity index (χ0n) is 16.8. The van der Waals surface area contributed by atoms with Crippen molar-refractivity contribution in [3.8, 4) is 5.75 Å². The molecule has 2 heterocycles. The number of halogens is 3. The molecule has 1 amide bonds. The van der Waals surface area contributed by atoms with Gasteiger partial charge in [0, 0.05) is 16.2 Å². The van der Waals surface area contributed by atoms with Gasteiger partial charge in [-0.15, -0.1) is 0 Å². The van der Waals surface area contributed by atoms with Gasteiger partial charge in [0.15, 0.2) is 11.5 Å². The predicted molar refractivity (Wildman–Crippen MR) is 123 cm³/mol. The van der Waals surface area contributed by atoms with Gasteiger partial charge >= 0.3 is 0 Å². The lowest BCUT2D eigenvalue weighted by atomic mass is 10.2. The number of carbonyl (C=O) groups is 1. The molecule has 0 spiro atoms. The lowest BCUT2D eigenvalue weighted by Crippen LogP contribution is -2.16. The molecule has 0 bridgehead atoms. The van der Waals surface area contributed by atoms with E-state index in [0.29, 0.717) is 33.7 Å². The van der Waals surface area contributed by atoms with Crippen LogP contribution in [-0.4, -0.2) is 20.8 Å². The summed E-state index contributed by atoms with van der Waals surface area (Å²) in [6.07, 6.45) is 1.59. The second kappa shape index (κ2) is 9.65. The van der Waals surface area contributed by atoms with Crippen LogP contribution >= 0.6 is 34.8 Å². The number of para-hydroxylation sites is 1. The van der Waals surface area contributed by atoms with Crippen LogP contribution in [0.15, 0.2) is 59.3 Å². The van der Waals surface area contributed by atoms with Gasteiger partial charge in [-0.3, -0.25) is 9.48 Å². The molecule has 2 aromatic carbocycles. The SMILES string of the molecule is Cc1onc(C(=O)Nc2nn(Cc3ccc(Cl)cc3Cl)cc2Cl)c1COc1ccccc1. The first kappa shape index (κ1) is 22.2. The molecule has 10 heteroatoms. The Morgan fingerprint density at radius 3 is 2.66 bits per heavy atom. The number of hydrogen-bond donors (Lipinski definition) is 1. The summed E-state index contributed by atoms with van der Waals surface area (Å²) in [4.78, 5) is 12.8. The first-order valence-corrected chi connectivity index (χ1v) is 10.7. The van der Waals surface area contributed by atoms with E-state index in [1.165, 1.54) is 0 Å². The highest BCUT2D eigenvalue weighted by Crippen LogP contribution is 2.25. The molecule has 7 nitrogen and oxygen atoms in total. The van der Waals surface area contributed by atoms with Crippen molar-refractivity contribution in [1.29, 1.82) is 0 Å². The zero-order valence-corrected chi connectivity index (χ0v) is 19.1. The average molecular weight is 492 g/mol. The maximum atomic E-state index is 12.8. The standard InChI is InChI=1S/C22H17Cl3N4O3/c1-13-17(12-31-16-5-3-2-4-6-16)20(28-32-13)22(30)26-21-19(25)11-29(27-21)10-14-7-8-15(23)9-18(14)24/h2-9,11H,10,12H2,1H3,(H,26,27,30). The van der Waals surface area contributed by atoms with Crippen molar-refractivity contribution in [2.75, 3.05) is 5.32 Å². The largest absolute Gasteiger partial charge is 0.489 e. The third-order valence-corrected chi connectivity index (χ3v) is 5.49. The molecule has 0 aliphatic carbocycles. The van der Waals surface area contributed by atoms with Crippen LogP contribution in [0.3, 0.4) is 0 Å². The first-order chi connectivity index (χ1) is 15.4. The molecule has 164 valence electrons. The Kier molecular flexibility index (Phi) is 6.69. The van der Waals surface area contributed by atoms with Crippen molar-refractivity contribution >= 4 is 46.5 Å². The third-order valence-electron chi connectivity index (χ3n) is 4.62. The summed E-state index contributed by atoms with van der Waals surface area (Å²) in [5.74, 6) is 0.838. The van der Waals surface area contributed by atoms with E-state index in [0.717, 1.165) is 5.56 Å². The van der Waals surface area contributed by atoms with Crippen molar-refractivity contribution in [2.45, 2.75) is 20.1 Å². The van der Waals surface area contributed by atoms with E-state index in [1.54, 1.807) is 36.0 Å². The molecular formula is C22H17Cl3N4O3. The van der Waals surface area contributed by atoms with Crippen LogP contribution in [0.5, 0.6) is 5.75 Å². The molecule has 0 unspecified atom stereocenters. The van der Waals surface area contributed by atoms with E-state index in [4.69, 9.17) is 44.1 Å². The average Bonchev–Trinajstić information content (AvgIpc) is 3.31. The second-order valence-electron chi connectivity index (χ2n) is 6.88. The Morgan fingerprint density at radius 2 is 1.91 bits per heavy atom. The van der Waals surface area contributed by atoms with Gasteiger partial charge in [-0.2, -0.15) is 5.10 Å². The van der Waals surface area contributed by atoms with Gasteiger partial charge < -0.3 is 14.6 Å². The molecule has 2 aromatic heterocycles. The van der Waals surface area contributed by atoms with E-state index in [9.17, 15) is 4.79 Å². The number of amides is 1. The molecule has 0 aliphatic rings. The summed E-state index contributed by atoms with van der Waals surface area (Å²) in [6.45, 7) is 2.19. The van der Waals surface area contributed by atoms with Crippen LogP contribution in [0.1, 0.15) is 27.4 Å². The third kappa shape index (κ3) is 5.07. The van der Waals surface area contributed by atoms with Crippen LogP contribution in [0.2, 0.25) is 15.1 Å². The van der Waals surface area contributed by atoms with Gasteiger partial charge in [-0.1, -0.05) is 64.2 Å². The normalized spacial score (nSPS) is 10.9. The molecule has 32 heavy (non-hydrogen) atoms. The summed E-state index contributed by atoms with van der Waals surface area (Å²) < 4.78 is 12.5. The van der Waals surface area contributed by atoms with Crippen molar-refractivity contribution in [3.63, 3.8) is 0 Å². The quantitative estimate of drug-likeness (QED) is 0.342. The van der Waals surface area contributed by atoms with Crippen molar-refractivity contribution < 1.29 is 14.1 Å². The molecule has 0 saturated heterocycles. The lowest BCUT2D eigenvalue weighted by Gasteiger charge is -2.07. The predicted octanol–water partition coefficient (Wildman–Crippen LogP) is 6.02. The second-order valence-corrected chi connectivity index (χ2v) is 8.13. The Labute approximate surface area is 198 Å². The van der Waals surface area contributed by atoms with Gasteiger partial charge in [0.2, 0.25) is 0 Å². The number of nitrogens with one attached hydrogen (secondary N) is 1. The lowest BCUT2D eigenvalue weighted by molar-refractivity contribution is 0.101. The number of benzene rings is 2. The minimum absolute atomic E-state index is 0.102. The molecule has 0 saturated carbocycles. The van der Waals surface area contributed by atoms with Crippen molar-refractivity contribution in [2.24, 2.45) is 0 Å². The Bertz CT molecular complexity index is 1250. The molecule has 0 atom stereocenters. The Morgan fingerprint density at radius 1 is 1.12 bits per heavy atom. The summed E-state index contributed by atoms with van der Waals surface area (Å²) in [5, 5.41) is 12.2. The number of ether oxygens (including phenoxy) is 1. The van der Waals surface area contributed by atoms with E-state index in [2.05, 4.69) is 15.6 Å². The smallest absolute Gasteiger partial charge is 0.279 e. The number of hydrogen-bond acceptors (Lipinski definition) is 5. The number of rotatable bonds is 7. The number of carbonyl (C=O) groups excluding carboxylic acids is 1. The van der Waals surface area contributed by atoms with Gasteiger partial charge in [-0.05, 0) is 36.8 Å². The molecular weight excluding hydrogens is 475 g/mol. The minimum atomic E-state index is -0.509. The summed E-state index contributed by atoms with van der Waals surface area (Å²) in [6, 6.07) is 14.4. The molecule has 0 radical (unpaired) electrons. The molecule has 4 rings (SSSR count). The fourth-order valence-corrected chi connectivity index (χ4v) is 3.63. The Hall–Kier alpha value is -3.00. The summed E-state index contributed by atoms with van der Waals surface area (Å²) in [7, 11) is 0. The van der Waals surface area contributed by atoms with Crippen molar-refractivity contribution in [3.05, 3.63) is 92.4 Å². The number of aromatic nitrogens is 3. The number of nitrogens with zero attached hydrogens (tertiary/aromatic N) is 3. The molecule has 0 aliphatic heterocycles. The topological polar surface area (TPSA) is 82.2 Å². The minimum Gasteiger partial charge on any atom is -0.489 e. The van der Waals surface area contributed by atoms with Crippen LogP contribution < -0.4 is 10.1 Å². The maximum Gasteiger partial charge on any atom is 0.279 e. The van der Waals surface area contributed by atoms with Crippen LogP contribution in [-0.2, 0) is 13.2 Å². The highest BCUT2D eigenvalue weighted by atomic mass is 35.5. The van der Waals surface area contributed by atoms with Gasteiger partial charge in [-0.25, -0.2) is 0 Å². The highest BCUT2D eigenvalue weighted by molar-refractivity contribution is 6.35. The highest BCUT2D eigenvalue weighted by Gasteiger charge is 2.22. The van der Waals surface area contributed by atoms with Gasteiger partial charge in [0.1, 0.15) is 23.1 Å². The van der Waals surface area contributed by atoms with Crippen molar-refractivity contribution in [1.82, 2.24) is 14.9 Å². The maximum absolute atomic E-state index is 12.8. The van der Waals surface area contributed by atoms with E-state index >= 15 is 0 Å². The van der Waals surface area contributed by atoms with E-state index in [-0.39, 0.29) is 23.1 Å². The summed E-state index contributed by atoms with van der Waals surface area (Å²) in [5.41, 5.74) is 1.44. The fourth-order valence-electron chi connectivity index (χ4n) is 2.97. The summed E-state index contributed by atoms with van der Waals surface area (Å²) >= 11 is 18.4. The van der Waals surface area contributed by atoms with E-state index < -0.39 is 5.91 Å². The van der Waals surface area contributed by atoms with E-state index in [1.807, 2.05) is 30.3 Å². The first-order valence-electron chi connectivity index (χ1n) is 9.52. The number of aryl methyl sites for hydroxylation is 1. The van der Waals surface area contributed by atoms with Crippen LogP contribution in [0.25, 0.3) is 0 Å². The Balaban J connectivity index is 1.47. The zero-order chi connectivity index (χ0) is 22.7. The molecule has 0 fully saturated rings. The van der Waals surface area contributed by atoms with Gasteiger partial charge in [0.05, 0.1) is 12.1 Å². The van der Waals surface area contributed by atoms with Crippen LogP contribution in [0, 0.1) is 6.92 Å². The molecule has 4 aromatic rings. The number of anilines is 1.